The van der Waals surface area contributed by atoms with Gasteiger partial charge in [0.2, 0.25) is 11.8 Å². The van der Waals surface area contributed by atoms with E-state index in [1.807, 2.05) is 0 Å². The van der Waals surface area contributed by atoms with Crippen molar-refractivity contribution >= 4 is 91.9 Å². The van der Waals surface area contributed by atoms with Crippen LogP contribution in [0.15, 0.2) is 48.7 Å². The van der Waals surface area contributed by atoms with Crippen molar-refractivity contribution in [2.45, 2.75) is 83.8 Å². The molecule has 1 unspecified atom stereocenters. The first-order chi connectivity index (χ1) is 38.0. The summed E-state index contributed by atoms with van der Waals surface area (Å²) in [7, 11) is 1.49. The van der Waals surface area contributed by atoms with Gasteiger partial charge in [-0.25, -0.2) is 4.79 Å². The van der Waals surface area contributed by atoms with Crippen molar-refractivity contribution in [2.75, 3.05) is 89.7 Å². The number of carbonyl (C=O) groups is 5. The van der Waals surface area contributed by atoms with Crippen LogP contribution in [0, 0.1) is 26.4 Å². The fourth-order valence-electron chi connectivity index (χ4n) is 10.8. The molecule has 2 N–H and O–H groups in total. The summed E-state index contributed by atoms with van der Waals surface area (Å²) >= 11 is -1.61. The SMILES string of the molecule is COCOc1cc(-c2ncc3c(N4CCCCCN4C(=O)OC(C)(C)C)nc(OCC4(CN5CCN(CCCNc6cccc7c6C(=O)N(C6CCC(=O)NC6=O)C7=O)CC5)CC4)nc3c2F)c2c(C#[C][Tl]=[PH])c(F)ccc2c1. The Balaban J connectivity index is 0.853. The van der Waals surface area contributed by atoms with E-state index in [9.17, 15) is 24.0 Å². The number of amides is 5. The number of rotatable bonds is 16. The third-order valence-corrected chi connectivity index (χ3v) is 17.2. The van der Waals surface area contributed by atoms with E-state index in [1.165, 1.54) is 24.4 Å². The summed E-state index contributed by atoms with van der Waals surface area (Å²) in [6.45, 7) is 11.8. The van der Waals surface area contributed by atoms with Crippen LogP contribution in [0.3, 0.4) is 0 Å². The molecule has 5 amide bonds. The van der Waals surface area contributed by atoms with E-state index in [2.05, 4.69) is 35.7 Å². The van der Waals surface area contributed by atoms with Crippen LogP contribution < -0.4 is 25.1 Å². The molecule has 412 valence electrons. The number of hydrazine groups is 1. The van der Waals surface area contributed by atoms with Gasteiger partial charge in [-0.2, -0.15) is 0 Å². The number of piperazine rings is 1. The molecule has 3 saturated heterocycles. The Hall–Kier alpha value is -6.32. The van der Waals surface area contributed by atoms with Gasteiger partial charge >= 0.3 is 218 Å². The third kappa shape index (κ3) is 12.2. The van der Waals surface area contributed by atoms with Crippen molar-refractivity contribution in [2.24, 2.45) is 5.41 Å². The van der Waals surface area contributed by atoms with Crippen LogP contribution >= 0.6 is 5.89 Å². The van der Waals surface area contributed by atoms with Crippen molar-refractivity contribution in [1.29, 1.82) is 0 Å². The Labute approximate surface area is 469 Å². The van der Waals surface area contributed by atoms with Gasteiger partial charge in [0.1, 0.15) is 11.6 Å². The number of fused-ring (bicyclic) bond motifs is 3. The number of hydrogen-bond donors (Lipinski definition) is 2. The van der Waals surface area contributed by atoms with E-state index < -0.39 is 76.1 Å². The van der Waals surface area contributed by atoms with Crippen LogP contribution in [-0.2, 0) is 19.1 Å². The molecule has 1 aliphatic carbocycles. The summed E-state index contributed by atoms with van der Waals surface area (Å²) in [6, 6.07) is 10.2. The number of hydrogen-bond acceptors (Lipinski definition) is 16. The maximum absolute atomic E-state index is 17.8. The topological polar surface area (TPSA) is 201 Å². The molecular formula is C56H62F2N10O9PTl. The van der Waals surface area contributed by atoms with Gasteiger partial charge in [0, 0.05) is 63.3 Å². The number of piperidine rings is 1. The van der Waals surface area contributed by atoms with Crippen LogP contribution in [0.25, 0.3) is 32.9 Å². The van der Waals surface area contributed by atoms with Gasteiger partial charge in [0.05, 0.1) is 11.1 Å². The van der Waals surface area contributed by atoms with E-state index in [0.717, 1.165) is 69.9 Å². The van der Waals surface area contributed by atoms with E-state index in [1.54, 1.807) is 62.2 Å². The van der Waals surface area contributed by atoms with Gasteiger partial charge in [-0.15, -0.1) is 0 Å². The van der Waals surface area contributed by atoms with Gasteiger partial charge in [-0.3, -0.25) is 29.4 Å². The van der Waals surface area contributed by atoms with Gasteiger partial charge in [-0.05, 0) is 84.4 Å². The molecular weight excluding hydrogens is 1230 g/mol. The molecule has 1 atom stereocenters. The third-order valence-electron chi connectivity index (χ3n) is 14.9. The van der Waals surface area contributed by atoms with Crippen LogP contribution in [0.4, 0.5) is 25.1 Å². The summed E-state index contributed by atoms with van der Waals surface area (Å²) < 4.78 is 60.1. The average Bonchev–Trinajstić information content (AvgIpc) is 4.34. The van der Waals surface area contributed by atoms with Crippen molar-refractivity contribution in [3.63, 3.8) is 0 Å². The number of nitrogens with one attached hydrogen (secondary N) is 2. The molecule has 0 radical (unpaired) electrons. The first kappa shape index (κ1) is 56.0. The summed E-state index contributed by atoms with van der Waals surface area (Å²) in [5, 5.41) is 9.99. The van der Waals surface area contributed by atoms with Crippen LogP contribution in [0.2, 0.25) is 0 Å². The number of nitrogens with zero attached hydrogens (tertiary/aromatic N) is 8. The number of carbonyl (C=O) groups excluding carboxylic acids is 5. The zero-order valence-electron chi connectivity index (χ0n) is 44.7. The number of aromatic nitrogens is 3. The van der Waals surface area contributed by atoms with Gasteiger partial charge in [-0.1, -0.05) is 6.07 Å². The first-order valence-electron chi connectivity index (χ1n) is 26.7. The molecule has 23 heteroatoms. The Morgan fingerprint density at radius 3 is 2.48 bits per heavy atom. The molecule has 2 aromatic heterocycles. The minimum absolute atomic E-state index is 0.0516. The Morgan fingerprint density at radius 1 is 0.949 bits per heavy atom. The quantitative estimate of drug-likeness (QED) is 0.0255. The van der Waals surface area contributed by atoms with Crippen molar-refractivity contribution in [3.05, 3.63) is 77.0 Å². The van der Waals surface area contributed by atoms with Gasteiger partial charge in [0.25, 0.3) is 11.8 Å². The number of methoxy groups -OCH3 is 1. The number of halogens is 2. The molecule has 3 aromatic carbocycles. The van der Waals surface area contributed by atoms with E-state index in [-0.39, 0.29) is 82.3 Å². The molecule has 5 aliphatic rings. The van der Waals surface area contributed by atoms with E-state index >= 15 is 8.78 Å². The number of anilines is 2. The van der Waals surface area contributed by atoms with Crippen molar-refractivity contribution in [1.82, 2.24) is 40.0 Å². The molecule has 79 heavy (non-hydrogen) atoms. The Bertz CT molecular complexity index is 3320. The standard InChI is InChI=1S/C56H61F2N10O9.HP.Tl/c1-6-36-40(57)15-14-34-28-35(76-33-74-5)29-38(44(34)36)47-46(58)48-39(30-60-47)49(66-22-8-7-9-23-67(66)54(73)77-55(2,3)4)63-53(62-48)75-32-56(18-19-56)31-65-26-24-64(25-27-65)21-11-20-59-41-13-10-12-37-45(41)52(72)68(51(37)71)42-16-17-43(69)61-50(42)70;;/h10,12-15,28-30,42,59H,7-9,11,16-27,31-33H2,2-5H3,(H,61,69,70);1H;. The fraction of sp³-hybridized carbons (Fsp3) is 0.464. The Kier molecular flexibility index (Phi) is 16.9. The zero-order chi connectivity index (χ0) is 55.6. The second kappa shape index (κ2) is 23.8. The summed E-state index contributed by atoms with van der Waals surface area (Å²) in [6.07, 6.45) is 5.92. The predicted octanol–water partition coefficient (Wildman–Crippen LogP) is 7.00. The van der Waals surface area contributed by atoms with E-state index in [4.69, 9.17) is 33.9 Å². The second-order valence-electron chi connectivity index (χ2n) is 21.6. The van der Waals surface area contributed by atoms with Crippen molar-refractivity contribution < 1.29 is 51.7 Å². The van der Waals surface area contributed by atoms with Crippen LogP contribution in [0.1, 0.15) is 98.4 Å². The number of ether oxygens (including phenoxy) is 4. The Morgan fingerprint density at radius 2 is 1.73 bits per heavy atom. The average molecular weight is 1290 g/mol. The second-order valence-corrected chi connectivity index (χ2v) is 26.4. The van der Waals surface area contributed by atoms with Crippen LogP contribution in [0.5, 0.6) is 11.8 Å². The normalized spacial score (nSPS) is 18.7. The minimum atomic E-state index is -1.61. The molecule has 6 heterocycles. The number of imide groups is 2. The molecule has 1 saturated carbocycles. The molecule has 5 aromatic rings. The molecule has 4 fully saturated rings. The molecule has 0 bridgehead atoms. The van der Waals surface area contributed by atoms with E-state index in [0.29, 0.717) is 54.7 Å². The number of pyridine rings is 1. The van der Waals surface area contributed by atoms with Gasteiger partial charge in [0.15, 0.2) is 0 Å². The fourth-order valence-corrected chi connectivity index (χ4v) is 12.2. The number of benzene rings is 3. The monoisotopic (exact) mass is 1290 g/mol. The zero-order valence-corrected chi connectivity index (χ0v) is 50.2. The van der Waals surface area contributed by atoms with Gasteiger partial charge < -0.3 is 19.9 Å². The summed E-state index contributed by atoms with van der Waals surface area (Å²) in [5.74, 6) is 3.63. The molecule has 10 rings (SSSR count). The molecule has 0 spiro atoms. The first-order valence-corrected chi connectivity index (χ1v) is 36.3. The molecule has 4 aliphatic heterocycles. The molecule has 19 nitrogen and oxygen atoms in total. The van der Waals surface area contributed by atoms with Crippen LogP contribution in [-0.4, -0.2) is 179 Å². The summed E-state index contributed by atoms with van der Waals surface area (Å²) in [4.78, 5) is 85.4. The van der Waals surface area contributed by atoms with Crippen molar-refractivity contribution in [3.8, 4) is 32.4 Å². The maximum atomic E-state index is 17.8. The summed E-state index contributed by atoms with van der Waals surface area (Å²) in [5.41, 5.74) is 0.162. The predicted molar refractivity (Wildman–Crippen MR) is 294 cm³/mol.